The van der Waals surface area contributed by atoms with Crippen LogP contribution in [0.2, 0.25) is 0 Å². The Morgan fingerprint density at radius 1 is 1.27 bits per heavy atom. The maximum Gasteiger partial charge on any atom is 0.159 e. The molecule has 0 radical (unpaired) electrons. The van der Waals surface area contributed by atoms with Gasteiger partial charge in [0, 0.05) is 13.1 Å². The number of aromatic nitrogens is 3. The van der Waals surface area contributed by atoms with E-state index in [4.69, 9.17) is 5.73 Å². The molecule has 0 bridgehead atoms. The molecule has 1 aliphatic rings. The summed E-state index contributed by atoms with van der Waals surface area (Å²) in [5.74, 6) is 1.54. The van der Waals surface area contributed by atoms with E-state index in [9.17, 15) is 0 Å². The fraction of sp³-hybridized carbons (Fsp3) is 0.400. The first-order valence-electron chi connectivity index (χ1n) is 5.20. The Morgan fingerprint density at radius 2 is 2.07 bits per heavy atom. The molecule has 3 rings (SSSR count). The Bertz CT molecular complexity index is 484. The Kier molecular flexibility index (Phi) is 1.77. The van der Waals surface area contributed by atoms with E-state index in [1.165, 1.54) is 12.8 Å². The van der Waals surface area contributed by atoms with Crippen molar-refractivity contribution in [1.29, 1.82) is 0 Å². The van der Waals surface area contributed by atoms with Gasteiger partial charge in [-0.25, -0.2) is 4.98 Å². The minimum Gasteiger partial charge on any atom is -0.382 e. The molecule has 2 aromatic heterocycles. The molecule has 1 fully saturated rings. The van der Waals surface area contributed by atoms with Crippen LogP contribution in [0.5, 0.6) is 0 Å². The summed E-state index contributed by atoms with van der Waals surface area (Å²) in [6, 6.07) is 3.99. The Hall–Kier alpha value is -1.78. The number of H-pyrrole nitrogens is 1. The molecule has 0 atom stereocenters. The van der Waals surface area contributed by atoms with Gasteiger partial charge in [-0.05, 0) is 25.0 Å². The highest BCUT2D eigenvalue weighted by Gasteiger charge is 2.14. The van der Waals surface area contributed by atoms with Crippen LogP contribution in [-0.2, 0) is 0 Å². The molecule has 0 unspecified atom stereocenters. The van der Waals surface area contributed by atoms with Crippen molar-refractivity contribution in [2.75, 3.05) is 23.7 Å². The van der Waals surface area contributed by atoms with Gasteiger partial charge in [0.25, 0.3) is 0 Å². The summed E-state index contributed by atoms with van der Waals surface area (Å²) in [6.45, 7) is 2.20. The molecule has 3 N–H and O–H groups in total. The molecule has 2 aromatic rings. The molecule has 5 nitrogen and oxygen atoms in total. The van der Waals surface area contributed by atoms with E-state index in [1.54, 1.807) is 0 Å². The van der Waals surface area contributed by atoms with Crippen LogP contribution in [0.15, 0.2) is 12.1 Å². The van der Waals surface area contributed by atoms with Gasteiger partial charge in [0.15, 0.2) is 11.5 Å². The molecule has 15 heavy (non-hydrogen) atoms. The van der Waals surface area contributed by atoms with E-state index in [-0.39, 0.29) is 0 Å². The van der Waals surface area contributed by atoms with Crippen LogP contribution in [0, 0.1) is 0 Å². The first-order valence-corrected chi connectivity index (χ1v) is 5.20. The van der Waals surface area contributed by atoms with Gasteiger partial charge in [-0.2, -0.15) is 5.10 Å². The van der Waals surface area contributed by atoms with Crippen molar-refractivity contribution in [3.8, 4) is 0 Å². The van der Waals surface area contributed by atoms with Gasteiger partial charge in [0.05, 0.1) is 5.39 Å². The average Bonchev–Trinajstić information content (AvgIpc) is 2.88. The molecule has 0 spiro atoms. The fourth-order valence-corrected chi connectivity index (χ4v) is 2.04. The van der Waals surface area contributed by atoms with Crippen molar-refractivity contribution < 1.29 is 0 Å². The molecule has 0 aromatic carbocycles. The number of aromatic amines is 1. The third-order valence-electron chi connectivity index (χ3n) is 2.87. The molecule has 0 amide bonds. The standard InChI is InChI=1S/C10H13N5/c11-9-7-3-4-8(12-10(7)14-13-9)15-5-1-2-6-15/h3-4H,1-2,5-6H2,(H3,11,12,13,14). The first-order chi connectivity index (χ1) is 7.34. The predicted molar refractivity (Wildman–Crippen MR) is 59.7 cm³/mol. The minimum atomic E-state index is 0.519. The lowest BCUT2D eigenvalue weighted by Crippen LogP contribution is -2.18. The summed E-state index contributed by atoms with van der Waals surface area (Å²) in [7, 11) is 0. The quantitative estimate of drug-likeness (QED) is 0.729. The van der Waals surface area contributed by atoms with E-state index in [2.05, 4.69) is 20.1 Å². The van der Waals surface area contributed by atoms with Crippen molar-refractivity contribution in [2.24, 2.45) is 0 Å². The van der Waals surface area contributed by atoms with Crippen molar-refractivity contribution >= 4 is 22.7 Å². The van der Waals surface area contributed by atoms with Crippen LogP contribution in [0.3, 0.4) is 0 Å². The van der Waals surface area contributed by atoms with E-state index in [0.717, 1.165) is 29.9 Å². The topological polar surface area (TPSA) is 70.8 Å². The lowest BCUT2D eigenvalue weighted by Gasteiger charge is -2.15. The number of rotatable bonds is 1. The minimum absolute atomic E-state index is 0.519. The summed E-state index contributed by atoms with van der Waals surface area (Å²) in [6.07, 6.45) is 2.51. The number of nitrogen functional groups attached to an aromatic ring is 1. The van der Waals surface area contributed by atoms with Gasteiger partial charge in [0.1, 0.15) is 5.82 Å². The number of hydrogen-bond acceptors (Lipinski definition) is 4. The molecule has 78 valence electrons. The molecule has 1 saturated heterocycles. The Labute approximate surface area is 87.3 Å². The van der Waals surface area contributed by atoms with Gasteiger partial charge >= 0.3 is 0 Å². The van der Waals surface area contributed by atoms with Crippen molar-refractivity contribution in [1.82, 2.24) is 15.2 Å². The maximum absolute atomic E-state index is 5.68. The van der Waals surface area contributed by atoms with Crippen LogP contribution < -0.4 is 10.6 Å². The van der Waals surface area contributed by atoms with E-state index in [0.29, 0.717) is 5.82 Å². The van der Waals surface area contributed by atoms with Crippen LogP contribution in [0.4, 0.5) is 11.6 Å². The lowest BCUT2D eigenvalue weighted by atomic mass is 10.3. The van der Waals surface area contributed by atoms with Gasteiger partial charge in [-0.3, -0.25) is 5.10 Å². The predicted octanol–water partition coefficient (Wildman–Crippen LogP) is 1.14. The Morgan fingerprint density at radius 3 is 2.87 bits per heavy atom. The maximum atomic E-state index is 5.68. The summed E-state index contributed by atoms with van der Waals surface area (Å²) >= 11 is 0. The third kappa shape index (κ3) is 1.31. The molecule has 0 aliphatic carbocycles. The number of nitrogens with one attached hydrogen (secondary N) is 1. The first kappa shape index (κ1) is 8.52. The molecule has 1 aliphatic heterocycles. The van der Waals surface area contributed by atoms with Crippen LogP contribution in [0.1, 0.15) is 12.8 Å². The van der Waals surface area contributed by atoms with Crippen molar-refractivity contribution in [3.63, 3.8) is 0 Å². The van der Waals surface area contributed by atoms with Crippen molar-refractivity contribution in [3.05, 3.63) is 12.1 Å². The zero-order valence-electron chi connectivity index (χ0n) is 8.40. The molecule has 5 heteroatoms. The Balaban J connectivity index is 2.05. The highest BCUT2D eigenvalue weighted by atomic mass is 15.2. The molecule has 0 saturated carbocycles. The van der Waals surface area contributed by atoms with Gasteiger partial charge < -0.3 is 10.6 Å². The second kappa shape index (κ2) is 3.12. The van der Waals surface area contributed by atoms with E-state index >= 15 is 0 Å². The van der Waals surface area contributed by atoms with E-state index < -0.39 is 0 Å². The summed E-state index contributed by atoms with van der Waals surface area (Å²) < 4.78 is 0. The molecule has 3 heterocycles. The number of nitrogens with two attached hydrogens (primary N) is 1. The highest BCUT2D eigenvalue weighted by Crippen LogP contribution is 2.22. The second-order valence-electron chi connectivity index (χ2n) is 3.87. The number of nitrogens with zero attached hydrogens (tertiary/aromatic N) is 3. The normalized spacial score (nSPS) is 16.4. The zero-order valence-corrected chi connectivity index (χ0v) is 8.40. The summed E-state index contributed by atoms with van der Waals surface area (Å²) in [4.78, 5) is 6.79. The largest absolute Gasteiger partial charge is 0.382 e. The number of pyridine rings is 1. The number of anilines is 2. The fourth-order valence-electron chi connectivity index (χ4n) is 2.04. The average molecular weight is 203 g/mol. The van der Waals surface area contributed by atoms with Gasteiger partial charge in [-0.1, -0.05) is 0 Å². The van der Waals surface area contributed by atoms with Crippen LogP contribution >= 0.6 is 0 Å². The second-order valence-corrected chi connectivity index (χ2v) is 3.87. The third-order valence-corrected chi connectivity index (χ3v) is 2.87. The number of fused-ring (bicyclic) bond motifs is 1. The lowest BCUT2D eigenvalue weighted by molar-refractivity contribution is 0.940. The SMILES string of the molecule is Nc1n[nH]c2nc(N3CCCC3)ccc12. The van der Waals surface area contributed by atoms with Crippen LogP contribution in [0.25, 0.3) is 11.0 Å². The van der Waals surface area contributed by atoms with E-state index in [1.807, 2.05) is 12.1 Å². The highest BCUT2D eigenvalue weighted by molar-refractivity contribution is 5.86. The zero-order chi connectivity index (χ0) is 10.3. The summed E-state index contributed by atoms with van der Waals surface area (Å²) in [5, 5.41) is 7.68. The van der Waals surface area contributed by atoms with Crippen molar-refractivity contribution in [2.45, 2.75) is 12.8 Å². The van der Waals surface area contributed by atoms with Crippen LogP contribution in [-0.4, -0.2) is 28.3 Å². The van der Waals surface area contributed by atoms with Gasteiger partial charge in [0.2, 0.25) is 0 Å². The number of hydrogen-bond donors (Lipinski definition) is 2. The molecular weight excluding hydrogens is 190 g/mol. The monoisotopic (exact) mass is 203 g/mol. The smallest absolute Gasteiger partial charge is 0.159 e. The molecular formula is C10H13N5. The summed E-state index contributed by atoms with van der Waals surface area (Å²) in [5.41, 5.74) is 6.46. The van der Waals surface area contributed by atoms with Gasteiger partial charge in [-0.15, -0.1) is 0 Å².